The van der Waals surface area contributed by atoms with E-state index in [9.17, 15) is 5.26 Å². The van der Waals surface area contributed by atoms with Crippen LogP contribution >= 0.6 is 0 Å². The zero-order chi connectivity index (χ0) is 15.0. The van der Waals surface area contributed by atoms with Gasteiger partial charge in [-0.1, -0.05) is 50.1 Å². The molecule has 0 bridgehead atoms. The Balaban J connectivity index is 2.20. The van der Waals surface area contributed by atoms with Gasteiger partial charge in [0.2, 0.25) is 0 Å². The van der Waals surface area contributed by atoms with E-state index in [-0.39, 0.29) is 0 Å². The smallest absolute Gasteiger partial charge is 0.145 e. The van der Waals surface area contributed by atoms with Crippen molar-refractivity contribution in [3.05, 3.63) is 35.9 Å². The summed E-state index contributed by atoms with van der Waals surface area (Å²) in [4.78, 5) is 2.46. The van der Waals surface area contributed by atoms with E-state index in [1.165, 1.54) is 25.7 Å². The van der Waals surface area contributed by atoms with Crippen LogP contribution in [0.2, 0.25) is 0 Å². The van der Waals surface area contributed by atoms with Gasteiger partial charge in [-0.25, -0.2) is 0 Å². The predicted octanol–water partition coefficient (Wildman–Crippen LogP) is 3.28. The molecule has 0 radical (unpaired) electrons. The maximum absolute atomic E-state index is 9.92. The molecule has 1 fully saturated rings. The van der Waals surface area contributed by atoms with Crippen LogP contribution in [0.25, 0.3) is 0 Å². The molecule has 1 atom stereocenters. The normalized spacial score (nSPS) is 19.4. The molecule has 0 spiro atoms. The van der Waals surface area contributed by atoms with Crippen molar-refractivity contribution in [2.75, 3.05) is 26.2 Å². The Kier molecular flexibility index (Phi) is 6.22. The maximum atomic E-state index is 9.92. The largest absolute Gasteiger partial charge is 0.300 e. The SMILES string of the molecule is CCCNC(C#N)(CN1CCCCCC1)c1ccccc1. The van der Waals surface area contributed by atoms with Crippen LogP contribution in [0, 0.1) is 11.3 Å². The lowest BCUT2D eigenvalue weighted by atomic mass is 9.90. The van der Waals surface area contributed by atoms with Gasteiger partial charge in [0.15, 0.2) is 0 Å². The zero-order valence-electron chi connectivity index (χ0n) is 13.1. The van der Waals surface area contributed by atoms with Gasteiger partial charge in [0, 0.05) is 6.54 Å². The molecule has 1 N–H and O–H groups in total. The maximum Gasteiger partial charge on any atom is 0.145 e. The summed E-state index contributed by atoms with van der Waals surface area (Å²) < 4.78 is 0. The molecule has 0 aliphatic carbocycles. The van der Waals surface area contributed by atoms with Crippen molar-refractivity contribution < 1.29 is 0 Å². The molecular weight excluding hydrogens is 258 g/mol. The summed E-state index contributed by atoms with van der Waals surface area (Å²) in [6, 6.07) is 12.8. The van der Waals surface area contributed by atoms with Gasteiger partial charge in [-0.3, -0.25) is 5.32 Å². The number of hydrogen-bond acceptors (Lipinski definition) is 3. The average molecular weight is 285 g/mol. The molecule has 0 amide bonds. The van der Waals surface area contributed by atoms with E-state index in [2.05, 4.69) is 35.3 Å². The van der Waals surface area contributed by atoms with Crippen molar-refractivity contribution in [1.29, 1.82) is 5.26 Å². The molecule has 2 rings (SSSR count). The third-order valence-electron chi connectivity index (χ3n) is 4.29. The summed E-state index contributed by atoms with van der Waals surface area (Å²) >= 11 is 0. The minimum Gasteiger partial charge on any atom is -0.300 e. The molecule has 3 nitrogen and oxygen atoms in total. The lowest BCUT2D eigenvalue weighted by Gasteiger charge is -2.34. The first-order valence-electron chi connectivity index (χ1n) is 8.25. The van der Waals surface area contributed by atoms with Gasteiger partial charge in [0.1, 0.15) is 5.54 Å². The van der Waals surface area contributed by atoms with Crippen molar-refractivity contribution in [1.82, 2.24) is 10.2 Å². The molecule has 1 aliphatic heterocycles. The monoisotopic (exact) mass is 285 g/mol. The number of nitrogens with zero attached hydrogens (tertiary/aromatic N) is 2. The first-order chi connectivity index (χ1) is 10.3. The van der Waals surface area contributed by atoms with E-state index in [1.807, 2.05) is 18.2 Å². The van der Waals surface area contributed by atoms with Crippen LogP contribution in [0.3, 0.4) is 0 Å². The van der Waals surface area contributed by atoms with E-state index in [0.717, 1.165) is 38.2 Å². The van der Waals surface area contributed by atoms with Gasteiger partial charge in [0.25, 0.3) is 0 Å². The summed E-state index contributed by atoms with van der Waals surface area (Å²) in [6.45, 7) is 6.03. The highest BCUT2D eigenvalue weighted by molar-refractivity contribution is 5.32. The zero-order valence-corrected chi connectivity index (χ0v) is 13.1. The lowest BCUT2D eigenvalue weighted by Crippen LogP contribution is -2.50. The fraction of sp³-hybridized carbons (Fsp3) is 0.611. The van der Waals surface area contributed by atoms with Crippen LogP contribution in [0.4, 0.5) is 0 Å². The van der Waals surface area contributed by atoms with Gasteiger partial charge < -0.3 is 4.90 Å². The van der Waals surface area contributed by atoms with Crippen molar-refractivity contribution in [3.8, 4) is 6.07 Å². The Bertz CT molecular complexity index is 443. The van der Waals surface area contributed by atoms with Crippen LogP contribution < -0.4 is 5.32 Å². The van der Waals surface area contributed by atoms with E-state index >= 15 is 0 Å². The molecule has 0 saturated carbocycles. The Morgan fingerprint density at radius 3 is 2.38 bits per heavy atom. The van der Waals surface area contributed by atoms with Crippen LogP contribution in [0.15, 0.2) is 30.3 Å². The molecule has 3 heteroatoms. The number of nitrogens with one attached hydrogen (secondary N) is 1. The second-order valence-electron chi connectivity index (χ2n) is 6.00. The first-order valence-corrected chi connectivity index (χ1v) is 8.25. The van der Waals surface area contributed by atoms with Crippen LogP contribution in [0.5, 0.6) is 0 Å². The van der Waals surface area contributed by atoms with Crippen LogP contribution in [0.1, 0.15) is 44.6 Å². The Morgan fingerprint density at radius 2 is 1.81 bits per heavy atom. The summed E-state index contributed by atoms with van der Waals surface area (Å²) in [5.74, 6) is 0. The lowest BCUT2D eigenvalue weighted by molar-refractivity contribution is 0.217. The molecule has 114 valence electrons. The minimum atomic E-state index is -0.582. The fourth-order valence-electron chi connectivity index (χ4n) is 3.08. The topological polar surface area (TPSA) is 39.1 Å². The van der Waals surface area contributed by atoms with Crippen molar-refractivity contribution in [3.63, 3.8) is 0 Å². The van der Waals surface area contributed by atoms with Crippen molar-refractivity contribution >= 4 is 0 Å². The standard InChI is InChI=1S/C18H27N3/c1-2-12-20-18(15-19,17-10-6-5-7-11-17)16-21-13-8-3-4-9-14-21/h5-7,10-11,20H,2-4,8-9,12-14,16H2,1H3. The Morgan fingerprint density at radius 1 is 1.14 bits per heavy atom. The number of benzene rings is 1. The summed E-state index contributed by atoms with van der Waals surface area (Å²) in [5, 5.41) is 13.4. The highest BCUT2D eigenvalue weighted by Crippen LogP contribution is 2.23. The van der Waals surface area contributed by atoms with E-state index in [1.54, 1.807) is 0 Å². The molecule has 1 unspecified atom stereocenters. The van der Waals surface area contributed by atoms with Crippen LogP contribution in [-0.2, 0) is 5.54 Å². The average Bonchev–Trinajstić information content (AvgIpc) is 2.81. The molecule has 1 aromatic rings. The minimum absolute atomic E-state index is 0.582. The van der Waals surface area contributed by atoms with E-state index in [4.69, 9.17) is 0 Å². The Hall–Kier alpha value is -1.37. The highest BCUT2D eigenvalue weighted by atomic mass is 15.2. The molecule has 1 aromatic carbocycles. The molecule has 0 aromatic heterocycles. The number of likely N-dealkylation sites (tertiary alicyclic amines) is 1. The number of rotatable bonds is 6. The van der Waals surface area contributed by atoms with Gasteiger partial charge in [-0.15, -0.1) is 0 Å². The number of nitriles is 1. The van der Waals surface area contributed by atoms with E-state index in [0.29, 0.717) is 0 Å². The molecule has 1 aliphatic rings. The van der Waals surface area contributed by atoms with Crippen molar-refractivity contribution in [2.24, 2.45) is 0 Å². The highest BCUT2D eigenvalue weighted by Gasteiger charge is 2.33. The Labute approximate surface area is 129 Å². The summed E-state index contributed by atoms with van der Waals surface area (Å²) in [5.41, 5.74) is 0.506. The fourth-order valence-corrected chi connectivity index (χ4v) is 3.08. The second-order valence-corrected chi connectivity index (χ2v) is 6.00. The second kappa shape index (κ2) is 8.17. The predicted molar refractivity (Wildman–Crippen MR) is 86.9 cm³/mol. The summed E-state index contributed by atoms with van der Waals surface area (Å²) in [6.07, 6.45) is 6.19. The molecular formula is C18H27N3. The van der Waals surface area contributed by atoms with Gasteiger partial charge in [-0.2, -0.15) is 5.26 Å². The molecule has 1 saturated heterocycles. The third-order valence-corrected chi connectivity index (χ3v) is 4.29. The third kappa shape index (κ3) is 4.30. The quantitative estimate of drug-likeness (QED) is 0.872. The van der Waals surface area contributed by atoms with Gasteiger partial charge in [-0.05, 0) is 44.5 Å². The van der Waals surface area contributed by atoms with Crippen LogP contribution in [-0.4, -0.2) is 31.1 Å². The van der Waals surface area contributed by atoms with Crippen molar-refractivity contribution in [2.45, 2.75) is 44.6 Å². The van der Waals surface area contributed by atoms with Gasteiger partial charge >= 0.3 is 0 Å². The number of hydrogen-bond donors (Lipinski definition) is 1. The van der Waals surface area contributed by atoms with Gasteiger partial charge in [0.05, 0.1) is 6.07 Å². The summed E-state index contributed by atoms with van der Waals surface area (Å²) in [7, 11) is 0. The van der Waals surface area contributed by atoms with E-state index < -0.39 is 5.54 Å². The molecule has 1 heterocycles. The first kappa shape index (κ1) is 16.0. The molecule has 21 heavy (non-hydrogen) atoms.